The van der Waals surface area contributed by atoms with Gasteiger partial charge in [-0.3, -0.25) is 0 Å². The van der Waals surface area contributed by atoms with Crippen LogP contribution >= 0.6 is 15.9 Å². The lowest BCUT2D eigenvalue weighted by Crippen LogP contribution is -2.09. The van der Waals surface area contributed by atoms with Gasteiger partial charge in [0.25, 0.3) is 0 Å². The Labute approximate surface area is 93.6 Å². The van der Waals surface area contributed by atoms with Crippen LogP contribution in [-0.4, -0.2) is 6.61 Å². The van der Waals surface area contributed by atoms with Gasteiger partial charge in [-0.2, -0.15) is 0 Å². The maximum Gasteiger partial charge on any atom is 0.120 e. The maximum absolute atomic E-state index is 5.95. The zero-order chi connectivity index (χ0) is 10.6. The lowest BCUT2D eigenvalue weighted by molar-refractivity contribution is 0.340. The number of hydrogen-bond acceptors (Lipinski definition) is 2. The molecule has 1 atom stereocenters. The second-order valence-electron chi connectivity index (χ2n) is 3.13. The predicted molar refractivity (Wildman–Crippen MR) is 62.5 cm³/mol. The van der Waals surface area contributed by atoms with Crippen LogP contribution in [0.5, 0.6) is 5.75 Å². The van der Waals surface area contributed by atoms with Crippen molar-refractivity contribution in [3.63, 3.8) is 0 Å². The van der Waals surface area contributed by atoms with Crippen LogP contribution in [0, 0.1) is 0 Å². The molecule has 14 heavy (non-hydrogen) atoms. The van der Waals surface area contributed by atoms with Crippen LogP contribution in [0.15, 0.2) is 22.7 Å². The summed E-state index contributed by atoms with van der Waals surface area (Å²) in [7, 11) is 0. The van der Waals surface area contributed by atoms with E-state index in [4.69, 9.17) is 10.5 Å². The SMILES string of the molecule is CCOc1ccc(C(N)CC)c(Br)c1. The summed E-state index contributed by atoms with van der Waals surface area (Å²) in [5, 5.41) is 0. The molecule has 2 nitrogen and oxygen atoms in total. The van der Waals surface area contributed by atoms with Crippen LogP contribution in [0.25, 0.3) is 0 Å². The number of hydrogen-bond donors (Lipinski definition) is 1. The molecule has 78 valence electrons. The van der Waals surface area contributed by atoms with Crippen molar-refractivity contribution in [1.82, 2.24) is 0 Å². The molecular formula is C11H16BrNO. The smallest absolute Gasteiger partial charge is 0.120 e. The van der Waals surface area contributed by atoms with Gasteiger partial charge < -0.3 is 10.5 Å². The van der Waals surface area contributed by atoms with E-state index >= 15 is 0 Å². The van der Waals surface area contributed by atoms with Crippen molar-refractivity contribution in [2.24, 2.45) is 5.73 Å². The van der Waals surface area contributed by atoms with E-state index in [2.05, 4.69) is 22.9 Å². The van der Waals surface area contributed by atoms with Crippen molar-refractivity contribution in [3.8, 4) is 5.75 Å². The number of rotatable bonds is 4. The summed E-state index contributed by atoms with van der Waals surface area (Å²) < 4.78 is 6.41. The van der Waals surface area contributed by atoms with Gasteiger partial charge in [-0.05, 0) is 31.0 Å². The van der Waals surface area contributed by atoms with E-state index < -0.39 is 0 Å². The molecule has 1 aromatic rings. The van der Waals surface area contributed by atoms with Crippen molar-refractivity contribution in [3.05, 3.63) is 28.2 Å². The summed E-state index contributed by atoms with van der Waals surface area (Å²) in [6, 6.07) is 6.04. The monoisotopic (exact) mass is 257 g/mol. The van der Waals surface area contributed by atoms with E-state index in [1.54, 1.807) is 0 Å². The number of benzene rings is 1. The van der Waals surface area contributed by atoms with E-state index in [0.29, 0.717) is 6.61 Å². The molecule has 0 aromatic heterocycles. The standard InChI is InChI=1S/C11H16BrNO/c1-3-11(13)9-6-5-8(14-4-2)7-10(9)12/h5-7,11H,3-4,13H2,1-2H3. The largest absolute Gasteiger partial charge is 0.494 e. The lowest BCUT2D eigenvalue weighted by atomic mass is 10.1. The molecule has 1 rings (SSSR count). The molecule has 0 saturated heterocycles. The van der Waals surface area contributed by atoms with Gasteiger partial charge in [0.2, 0.25) is 0 Å². The van der Waals surface area contributed by atoms with Crippen molar-refractivity contribution >= 4 is 15.9 Å². The first-order valence-electron chi connectivity index (χ1n) is 4.86. The number of nitrogens with two attached hydrogens (primary N) is 1. The van der Waals surface area contributed by atoms with Gasteiger partial charge in [-0.1, -0.05) is 28.9 Å². The first-order valence-corrected chi connectivity index (χ1v) is 5.66. The lowest BCUT2D eigenvalue weighted by Gasteiger charge is -2.12. The molecule has 0 radical (unpaired) electrons. The summed E-state index contributed by atoms with van der Waals surface area (Å²) in [5.41, 5.74) is 7.08. The summed E-state index contributed by atoms with van der Waals surface area (Å²) >= 11 is 3.50. The van der Waals surface area contributed by atoms with Gasteiger partial charge in [0, 0.05) is 10.5 Å². The molecule has 3 heteroatoms. The Balaban J connectivity index is 2.89. The normalized spacial score (nSPS) is 12.6. The van der Waals surface area contributed by atoms with E-state index in [9.17, 15) is 0 Å². The van der Waals surface area contributed by atoms with Gasteiger partial charge >= 0.3 is 0 Å². The molecule has 0 spiro atoms. The quantitative estimate of drug-likeness (QED) is 0.899. The fourth-order valence-electron chi connectivity index (χ4n) is 1.28. The number of halogens is 1. The van der Waals surface area contributed by atoms with E-state index in [-0.39, 0.29) is 6.04 Å². The van der Waals surface area contributed by atoms with E-state index in [1.165, 1.54) is 0 Å². The Morgan fingerprint density at radius 1 is 1.43 bits per heavy atom. The van der Waals surface area contributed by atoms with Gasteiger partial charge in [0.05, 0.1) is 6.61 Å². The molecule has 0 aliphatic carbocycles. The van der Waals surface area contributed by atoms with Gasteiger partial charge in [0.1, 0.15) is 5.75 Å². The molecule has 0 heterocycles. The van der Waals surface area contributed by atoms with Crippen LogP contribution in [0.2, 0.25) is 0 Å². The molecule has 0 amide bonds. The minimum atomic E-state index is 0.0973. The van der Waals surface area contributed by atoms with Crippen molar-refractivity contribution in [1.29, 1.82) is 0 Å². The van der Waals surface area contributed by atoms with Crippen LogP contribution in [0.4, 0.5) is 0 Å². The highest BCUT2D eigenvalue weighted by Gasteiger charge is 2.08. The van der Waals surface area contributed by atoms with Crippen molar-refractivity contribution < 1.29 is 4.74 Å². The first-order chi connectivity index (χ1) is 6.69. The van der Waals surface area contributed by atoms with Crippen molar-refractivity contribution in [2.45, 2.75) is 26.3 Å². The zero-order valence-electron chi connectivity index (χ0n) is 8.59. The van der Waals surface area contributed by atoms with E-state index in [0.717, 1.165) is 22.2 Å². The molecule has 1 unspecified atom stereocenters. The maximum atomic E-state index is 5.95. The van der Waals surface area contributed by atoms with Crippen LogP contribution in [-0.2, 0) is 0 Å². The molecule has 0 bridgehead atoms. The summed E-state index contributed by atoms with van der Waals surface area (Å²) in [5.74, 6) is 0.881. The average molecular weight is 258 g/mol. The fraction of sp³-hybridized carbons (Fsp3) is 0.455. The highest BCUT2D eigenvalue weighted by molar-refractivity contribution is 9.10. The Bertz CT molecular complexity index is 301. The zero-order valence-corrected chi connectivity index (χ0v) is 10.2. The minimum absolute atomic E-state index is 0.0973. The van der Waals surface area contributed by atoms with Crippen LogP contribution in [0.1, 0.15) is 31.9 Å². The Morgan fingerprint density at radius 2 is 2.14 bits per heavy atom. The highest BCUT2D eigenvalue weighted by atomic mass is 79.9. The van der Waals surface area contributed by atoms with Gasteiger partial charge in [-0.15, -0.1) is 0 Å². The van der Waals surface area contributed by atoms with E-state index in [1.807, 2.05) is 25.1 Å². The van der Waals surface area contributed by atoms with Crippen LogP contribution in [0.3, 0.4) is 0 Å². The highest BCUT2D eigenvalue weighted by Crippen LogP contribution is 2.27. The molecule has 0 saturated carbocycles. The summed E-state index contributed by atoms with van der Waals surface area (Å²) in [4.78, 5) is 0. The predicted octanol–water partition coefficient (Wildman–Crippen LogP) is 3.26. The first kappa shape index (κ1) is 11.5. The number of ether oxygens (including phenoxy) is 1. The third kappa shape index (κ3) is 2.72. The average Bonchev–Trinajstić information content (AvgIpc) is 2.17. The Kier molecular flexibility index (Phi) is 4.42. The van der Waals surface area contributed by atoms with Crippen molar-refractivity contribution in [2.75, 3.05) is 6.61 Å². The molecule has 0 aliphatic rings. The molecular weight excluding hydrogens is 242 g/mol. The Morgan fingerprint density at radius 3 is 2.64 bits per heavy atom. The second kappa shape index (κ2) is 5.37. The summed E-state index contributed by atoms with van der Waals surface area (Å²) in [6.45, 7) is 4.73. The third-order valence-electron chi connectivity index (χ3n) is 2.12. The second-order valence-corrected chi connectivity index (χ2v) is 3.99. The topological polar surface area (TPSA) is 35.2 Å². The molecule has 2 N–H and O–H groups in total. The summed E-state index contributed by atoms with van der Waals surface area (Å²) in [6.07, 6.45) is 0.937. The molecule has 0 fully saturated rings. The Hall–Kier alpha value is -0.540. The molecule has 1 aromatic carbocycles. The van der Waals surface area contributed by atoms with Gasteiger partial charge in [0.15, 0.2) is 0 Å². The molecule has 0 aliphatic heterocycles. The third-order valence-corrected chi connectivity index (χ3v) is 2.81. The van der Waals surface area contributed by atoms with Gasteiger partial charge in [-0.25, -0.2) is 0 Å². The minimum Gasteiger partial charge on any atom is -0.494 e. The fourth-order valence-corrected chi connectivity index (χ4v) is 1.94. The van der Waals surface area contributed by atoms with Crippen LogP contribution < -0.4 is 10.5 Å².